The first-order chi connectivity index (χ1) is 19.5. The SMILES string of the molecule is C=S1(=O)NC(=O)c2ccc3c(c2)N(C[C@@H]2CC[C@H]2[C@@H](O)C[C@@H](C)CC[C@@H]1C)C[C@@]1(CCCc2cc(Cl)ccc21)CO3. The van der Waals surface area contributed by atoms with Gasteiger partial charge in [-0.1, -0.05) is 24.6 Å². The molecule has 1 fully saturated rings. The molecule has 6 nitrogen and oxygen atoms in total. The van der Waals surface area contributed by atoms with Crippen molar-refractivity contribution < 1.29 is 18.8 Å². The number of halogens is 1. The van der Waals surface area contributed by atoms with Crippen LogP contribution in [0.3, 0.4) is 0 Å². The number of carbonyl (C=O) groups is 1. The molecule has 1 spiro atoms. The van der Waals surface area contributed by atoms with E-state index in [-0.39, 0.29) is 28.6 Å². The number of fused-ring (bicyclic) bond motifs is 4. The second-order valence-corrected chi connectivity index (χ2v) is 16.1. The summed E-state index contributed by atoms with van der Waals surface area (Å²) in [5.41, 5.74) is 3.73. The Kier molecular flexibility index (Phi) is 7.84. The first-order valence-corrected chi connectivity index (χ1v) is 17.4. The Morgan fingerprint density at radius 3 is 2.76 bits per heavy atom. The van der Waals surface area contributed by atoms with Gasteiger partial charge in [0.05, 0.1) is 28.1 Å². The molecule has 4 aliphatic rings. The van der Waals surface area contributed by atoms with E-state index in [1.165, 1.54) is 11.1 Å². The summed E-state index contributed by atoms with van der Waals surface area (Å²) in [7, 11) is -2.85. The van der Waals surface area contributed by atoms with Crippen LogP contribution in [-0.4, -0.2) is 52.1 Å². The summed E-state index contributed by atoms with van der Waals surface area (Å²) in [5, 5.41) is 11.8. The molecule has 2 heterocycles. The summed E-state index contributed by atoms with van der Waals surface area (Å²) >= 11 is 6.40. The summed E-state index contributed by atoms with van der Waals surface area (Å²) < 4.78 is 22.8. The molecular weight excluding hydrogens is 556 g/mol. The van der Waals surface area contributed by atoms with E-state index in [1.807, 2.05) is 25.1 Å². The van der Waals surface area contributed by atoms with Crippen molar-refractivity contribution in [3.8, 4) is 5.75 Å². The van der Waals surface area contributed by atoms with E-state index in [1.54, 1.807) is 6.07 Å². The molecule has 41 heavy (non-hydrogen) atoms. The third-order valence-electron chi connectivity index (χ3n) is 10.4. The number of ether oxygens (including phenoxy) is 1. The molecule has 2 aliphatic heterocycles. The molecule has 7 atom stereocenters. The average Bonchev–Trinajstić information content (AvgIpc) is 3.05. The van der Waals surface area contributed by atoms with Gasteiger partial charge in [-0.2, -0.15) is 0 Å². The van der Waals surface area contributed by atoms with E-state index in [9.17, 15) is 14.1 Å². The van der Waals surface area contributed by atoms with Crippen LogP contribution in [-0.2, 0) is 21.5 Å². The van der Waals surface area contributed by atoms with Gasteiger partial charge in [0.1, 0.15) is 5.75 Å². The quantitative estimate of drug-likeness (QED) is 0.377. The van der Waals surface area contributed by atoms with Crippen LogP contribution in [0.1, 0.15) is 80.3 Å². The van der Waals surface area contributed by atoms with Gasteiger partial charge in [-0.25, -0.2) is 4.21 Å². The fraction of sp³-hybridized carbons (Fsp3) is 0.576. The van der Waals surface area contributed by atoms with E-state index in [0.29, 0.717) is 30.4 Å². The normalized spacial score (nSPS) is 35.8. The Labute approximate surface area is 249 Å². The second kappa shape index (κ2) is 11.1. The van der Waals surface area contributed by atoms with Crippen LogP contribution >= 0.6 is 11.6 Å². The summed E-state index contributed by atoms with van der Waals surface area (Å²) in [4.78, 5) is 15.8. The molecule has 222 valence electrons. The number of benzene rings is 2. The molecule has 1 amide bonds. The molecular formula is C33H43ClN2O4S. The van der Waals surface area contributed by atoms with Gasteiger partial charge in [0.2, 0.25) is 0 Å². The minimum absolute atomic E-state index is 0.204. The molecule has 8 heteroatoms. The maximum atomic E-state index is 13.5. The van der Waals surface area contributed by atoms with Gasteiger partial charge >= 0.3 is 0 Å². The topological polar surface area (TPSA) is 78.9 Å². The van der Waals surface area contributed by atoms with Crippen molar-refractivity contribution in [1.29, 1.82) is 0 Å². The highest BCUT2D eigenvalue weighted by Crippen LogP contribution is 2.47. The smallest absolute Gasteiger partial charge is 0.262 e. The highest BCUT2D eigenvalue weighted by atomic mass is 35.5. The molecule has 1 saturated carbocycles. The molecule has 6 rings (SSSR count). The number of aliphatic hydroxyl groups excluding tert-OH is 1. The van der Waals surface area contributed by atoms with E-state index < -0.39 is 9.71 Å². The Morgan fingerprint density at radius 1 is 1.15 bits per heavy atom. The molecule has 2 bridgehead atoms. The number of aryl methyl sites for hydroxylation is 1. The van der Waals surface area contributed by atoms with Crippen LogP contribution in [0.2, 0.25) is 5.02 Å². The van der Waals surface area contributed by atoms with Gasteiger partial charge < -0.3 is 14.7 Å². The van der Waals surface area contributed by atoms with E-state index >= 15 is 0 Å². The molecule has 2 N–H and O–H groups in total. The van der Waals surface area contributed by atoms with E-state index in [4.69, 9.17) is 16.3 Å². The van der Waals surface area contributed by atoms with E-state index in [2.05, 4.69) is 34.5 Å². The highest BCUT2D eigenvalue weighted by molar-refractivity contribution is 7.99. The number of rotatable bonds is 0. The van der Waals surface area contributed by atoms with Crippen LogP contribution < -0.4 is 14.4 Å². The van der Waals surface area contributed by atoms with Crippen molar-refractivity contribution in [3.05, 3.63) is 58.1 Å². The molecule has 2 aromatic rings. The van der Waals surface area contributed by atoms with Gasteiger partial charge in [-0.3, -0.25) is 9.52 Å². The van der Waals surface area contributed by atoms with Gasteiger partial charge in [0.25, 0.3) is 5.91 Å². The monoisotopic (exact) mass is 598 g/mol. The van der Waals surface area contributed by atoms with Crippen molar-refractivity contribution in [1.82, 2.24) is 4.72 Å². The lowest BCUT2D eigenvalue weighted by molar-refractivity contribution is 0.00130. The minimum atomic E-state index is -2.85. The summed E-state index contributed by atoms with van der Waals surface area (Å²) in [6.45, 7) is 6.17. The largest absolute Gasteiger partial charge is 0.490 e. The number of nitrogens with one attached hydrogen (secondary N) is 1. The zero-order valence-corrected chi connectivity index (χ0v) is 25.8. The van der Waals surface area contributed by atoms with Crippen LogP contribution in [0.4, 0.5) is 5.69 Å². The Bertz CT molecular complexity index is 1430. The number of hydrogen-bond acceptors (Lipinski definition) is 5. The van der Waals surface area contributed by atoms with Gasteiger partial charge in [-0.15, -0.1) is 0 Å². The fourth-order valence-corrected chi connectivity index (χ4v) is 8.94. The predicted octanol–water partition coefficient (Wildman–Crippen LogP) is 5.77. The zero-order valence-electron chi connectivity index (χ0n) is 24.2. The Hall–Kier alpha value is -2.22. The van der Waals surface area contributed by atoms with Crippen LogP contribution in [0.15, 0.2) is 36.4 Å². The Morgan fingerprint density at radius 2 is 1.98 bits per heavy atom. The summed E-state index contributed by atoms with van der Waals surface area (Å²) in [6.07, 6.45) is 7.11. The maximum absolute atomic E-state index is 13.5. The molecule has 0 aromatic heterocycles. The lowest BCUT2D eigenvalue weighted by Crippen LogP contribution is -2.49. The second-order valence-electron chi connectivity index (χ2n) is 13.2. The summed E-state index contributed by atoms with van der Waals surface area (Å²) in [6, 6.07) is 11.8. The molecule has 0 radical (unpaired) electrons. The van der Waals surface area contributed by atoms with Gasteiger partial charge in [0, 0.05) is 34.3 Å². The molecule has 2 aromatic carbocycles. The van der Waals surface area contributed by atoms with Crippen molar-refractivity contribution in [2.45, 2.75) is 82.0 Å². The van der Waals surface area contributed by atoms with E-state index in [0.717, 1.165) is 74.5 Å². The third-order valence-corrected chi connectivity index (χ3v) is 12.7. The number of carbonyl (C=O) groups excluding carboxylic acids is 1. The number of aliphatic hydroxyl groups is 1. The molecule has 0 saturated heterocycles. The fourth-order valence-electron chi connectivity index (χ4n) is 7.60. The lowest BCUT2D eigenvalue weighted by Gasteiger charge is -2.46. The van der Waals surface area contributed by atoms with Crippen molar-refractivity contribution in [3.63, 3.8) is 0 Å². The third kappa shape index (κ3) is 5.62. The van der Waals surface area contributed by atoms with Gasteiger partial charge in [-0.05, 0) is 123 Å². The number of hydrogen-bond donors (Lipinski definition) is 2. The lowest BCUT2D eigenvalue weighted by atomic mass is 9.67. The predicted molar refractivity (Wildman–Crippen MR) is 168 cm³/mol. The first-order valence-electron chi connectivity index (χ1n) is 15.2. The standard InChI is InChI=1S/C33H43ClN2O4S/c1-21-6-7-22(2)41(3,39)35-32(38)24-9-13-31-29(17-24)36(18-25-8-11-27(25)30(37)15-21)19-33(20-40-31)14-4-5-23-16-26(34)10-12-28(23)33/h9-10,12-13,16-17,21-22,25,27,30,37H,3-8,11,14-15,18-20H2,1-2H3,(H,35,38,39)/t21-,22-,25-,27+,30-,33-,41?/m0/s1. The highest BCUT2D eigenvalue weighted by Gasteiger charge is 2.44. The summed E-state index contributed by atoms with van der Waals surface area (Å²) in [5.74, 6) is 5.25. The van der Waals surface area contributed by atoms with Crippen molar-refractivity contribution in [2.75, 3.05) is 24.6 Å². The number of amides is 1. The first kappa shape index (κ1) is 28.9. The Balaban J connectivity index is 1.41. The van der Waals surface area contributed by atoms with Crippen LogP contribution in [0, 0.1) is 17.8 Å². The average molecular weight is 599 g/mol. The van der Waals surface area contributed by atoms with Crippen molar-refractivity contribution in [2.24, 2.45) is 17.8 Å². The molecule has 1 unspecified atom stereocenters. The maximum Gasteiger partial charge on any atom is 0.262 e. The van der Waals surface area contributed by atoms with Crippen LogP contribution in [0.5, 0.6) is 5.75 Å². The number of anilines is 1. The zero-order chi connectivity index (χ0) is 28.9. The van der Waals surface area contributed by atoms with Gasteiger partial charge in [0.15, 0.2) is 0 Å². The minimum Gasteiger partial charge on any atom is -0.490 e. The number of nitrogens with zero attached hydrogens (tertiary/aromatic N) is 1. The molecule has 2 aliphatic carbocycles. The van der Waals surface area contributed by atoms with Crippen molar-refractivity contribution >= 4 is 38.8 Å². The van der Waals surface area contributed by atoms with Crippen LogP contribution in [0.25, 0.3) is 0 Å².